The Balaban J connectivity index is 1.47. The van der Waals surface area contributed by atoms with E-state index in [1.807, 2.05) is 6.07 Å². The first-order valence-electron chi connectivity index (χ1n) is 12.3. The number of halogens is 2. The Morgan fingerprint density at radius 1 is 1.18 bits per heavy atom. The number of carbonyl (C=O) groups is 2. The van der Waals surface area contributed by atoms with Crippen molar-refractivity contribution in [3.8, 4) is 5.75 Å². The predicted octanol–water partition coefficient (Wildman–Crippen LogP) is 2.77. The zero-order valence-electron chi connectivity index (χ0n) is 20.5. The molecule has 2 aliphatic rings. The third-order valence-corrected chi connectivity index (χ3v) is 6.75. The third-order valence-electron chi connectivity index (χ3n) is 6.75. The molecule has 1 amide bonds. The third kappa shape index (κ3) is 5.14. The van der Waals surface area contributed by atoms with Gasteiger partial charge in [0.25, 0.3) is 5.91 Å². The summed E-state index contributed by atoms with van der Waals surface area (Å²) in [6, 6.07) is 8.44. The van der Waals surface area contributed by atoms with E-state index in [0.29, 0.717) is 12.3 Å². The summed E-state index contributed by atoms with van der Waals surface area (Å²) in [5.41, 5.74) is -0.774. The van der Waals surface area contributed by atoms with E-state index in [4.69, 9.17) is 4.74 Å². The minimum Gasteiger partial charge on any atom is -0.502 e. The number of aryl methyl sites for hydroxylation is 1. The van der Waals surface area contributed by atoms with E-state index >= 15 is 0 Å². The minimum atomic E-state index is -0.981. The van der Waals surface area contributed by atoms with Gasteiger partial charge in [-0.2, -0.15) is 0 Å². The summed E-state index contributed by atoms with van der Waals surface area (Å²) in [5, 5.41) is 12.6. The highest BCUT2D eigenvalue weighted by Crippen LogP contribution is 2.25. The minimum absolute atomic E-state index is 0.0708. The molecule has 38 heavy (non-hydrogen) atoms. The van der Waals surface area contributed by atoms with Crippen molar-refractivity contribution in [2.45, 2.75) is 38.3 Å². The number of nitrogens with zero attached hydrogens (tertiary/aromatic N) is 4. The van der Waals surface area contributed by atoms with Gasteiger partial charge in [-0.1, -0.05) is 12.1 Å². The molecule has 4 heterocycles. The van der Waals surface area contributed by atoms with Gasteiger partial charge in [-0.15, -0.1) is 0 Å². The fraction of sp³-hybridized carbons (Fsp3) is 0.333. The van der Waals surface area contributed by atoms with Crippen molar-refractivity contribution in [3.05, 3.63) is 93.2 Å². The van der Waals surface area contributed by atoms with Crippen LogP contribution in [0.2, 0.25) is 0 Å². The van der Waals surface area contributed by atoms with Crippen LogP contribution < -0.4 is 10.4 Å². The Morgan fingerprint density at radius 2 is 2.03 bits per heavy atom. The molecule has 1 saturated heterocycles. The molecule has 5 rings (SSSR count). The fourth-order valence-electron chi connectivity index (χ4n) is 4.78. The topological polar surface area (TPSA) is 105 Å². The molecule has 1 N–H and O–H groups in total. The second-order valence-corrected chi connectivity index (χ2v) is 9.36. The molecule has 0 saturated carbocycles. The quantitative estimate of drug-likeness (QED) is 0.452. The second-order valence-electron chi connectivity index (χ2n) is 9.36. The summed E-state index contributed by atoms with van der Waals surface area (Å²) in [6.45, 7) is 1.23. The van der Waals surface area contributed by atoms with Crippen LogP contribution in [0.4, 0.5) is 8.78 Å². The number of hydrogen-bond acceptors (Lipinski definition) is 7. The van der Waals surface area contributed by atoms with Crippen LogP contribution in [0.25, 0.3) is 0 Å². The number of benzene rings is 1. The molecular weight excluding hydrogens is 498 g/mol. The summed E-state index contributed by atoms with van der Waals surface area (Å²) in [6.07, 6.45) is 4.08. The van der Waals surface area contributed by atoms with Crippen molar-refractivity contribution < 1.29 is 28.2 Å². The summed E-state index contributed by atoms with van der Waals surface area (Å²) in [4.78, 5) is 45.3. The Bertz CT molecular complexity index is 1420. The number of pyridine rings is 2. The molecule has 11 heteroatoms. The standard InChI is InChI=1S/C27H26F2N4O5/c28-18-8-6-17(22(29)12-18)7-9-23(34)21-15-33-24(26(36)25(21)35)27(37)31(14-20-5-3-11-38-20)16-32(33)13-19-4-1-2-10-30-19/h1-2,4,6,8,10,12,15,20,36H,3,5,7,9,11,13-14,16H2/t20-/m1/s1. The predicted molar refractivity (Wildman–Crippen MR) is 132 cm³/mol. The highest BCUT2D eigenvalue weighted by molar-refractivity contribution is 6.00. The number of Topliss-reactive ketones (excluding diaryl/α,β-unsaturated/α-hetero) is 1. The van der Waals surface area contributed by atoms with Gasteiger partial charge in [0.1, 0.15) is 18.3 Å². The summed E-state index contributed by atoms with van der Waals surface area (Å²) < 4.78 is 34.2. The monoisotopic (exact) mass is 524 g/mol. The van der Waals surface area contributed by atoms with Crippen LogP contribution in [0, 0.1) is 11.6 Å². The number of hydrogen-bond donors (Lipinski definition) is 1. The molecule has 1 fully saturated rings. The van der Waals surface area contributed by atoms with E-state index in [-0.39, 0.29) is 55.5 Å². The van der Waals surface area contributed by atoms with Crippen LogP contribution in [0.3, 0.4) is 0 Å². The summed E-state index contributed by atoms with van der Waals surface area (Å²) in [5.74, 6) is -3.56. The van der Waals surface area contributed by atoms with E-state index in [0.717, 1.165) is 25.0 Å². The van der Waals surface area contributed by atoms with Crippen molar-refractivity contribution in [2.75, 3.05) is 24.8 Å². The van der Waals surface area contributed by atoms with E-state index < -0.39 is 34.5 Å². The molecular formula is C27H26F2N4O5. The van der Waals surface area contributed by atoms with Gasteiger partial charge >= 0.3 is 0 Å². The Hall–Kier alpha value is -4.12. The lowest BCUT2D eigenvalue weighted by Crippen LogP contribution is -2.55. The van der Waals surface area contributed by atoms with Gasteiger partial charge in [0.05, 0.1) is 23.9 Å². The molecule has 0 unspecified atom stereocenters. The first-order chi connectivity index (χ1) is 18.3. The number of aromatic nitrogens is 2. The normalized spacial score (nSPS) is 17.1. The zero-order chi connectivity index (χ0) is 26.8. The van der Waals surface area contributed by atoms with E-state index in [1.54, 1.807) is 23.3 Å². The first-order valence-corrected chi connectivity index (χ1v) is 12.3. The van der Waals surface area contributed by atoms with E-state index in [2.05, 4.69) is 4.98 Å². The maximum absolute atomic E-state index is 14.0. The zero-order valence-corrected chi connectivity index (χ0v) is 20.5. The Morgan fingerprint density at radius 3 is 2.74 bits per heavy atom. The molecule has 0 bridgehead atoms. The first kappa shape index (κ1) is 25.5. The molecule has 0 spiro atoms. The van der Waals surface area contributed by atoms with Crippen LogP contribution in [0.15, 0.2) is 53.6 Å². The smallest absolute Gasteiger partial charge is 0.277 e. The van der Waals surface area contributed by atoms with E-state index in [9.17, 15) is 28.3 Å². The molecule has 2 aromatic heterocycles. The van der Waals surface area contributed by atoms with Crippen LogP contribution in [-0.4, -0.2) is 57.3 Å². The Labute approximate surface area is 216 Å². The van der Waals surface area contributed by atoms with Gasteiger partial charge < -0.3 is 14.7 Å². The average Bonchev–Trinajstić information content (AvgIpc) is 3.41. The summed E-state index contributed by atoms with van der Waals surface area (Å²) in [7, 11) is 0. The highest BCUT2D eigenvalue weighted by Gasteiger charge is 2.36. The molecule has 9 nitrogen and oxygen atoms in total. The number of carbonyl (C=O) groups excluding carboxylic acids is 2. The van der Waals surface area contributed by atoms with Gasteiger partial charge in [0.15, 0.2) is 17.2 Å². The molecule has 3 aromatic rings. The number of ether oxygens (including phenoxy) is 1. The fourth-order valence-corrected chi connectivity index (χ4v) is 4.78. The van der Waals surface area contributed by atoms with Crippen LogP contribution in [0.5, 0.6) is 5.75 Å². The van der Waals surface area contributed by atoms with E-state index in [1.165, 1.54) is 21.8 Å². The second kappa shape index (κ2) is 10.7. The largest absolute Gasteiger partial charge is 0.502 e. The van der Waals surface area contributed by atoms with Crippen LogP contribution >= 0.6 is 0 Å². The number of rotatable bonds is 8. The van der Waals surface area contributed by atoms with Gasteiger partial charge in [0, 0.05) is 38.0 Å². The average molecular weight is 525 g/mol. The molecule has 1 aromatic carbocycles. The highest BCUT2D eigenvalue weighted by atomic mass is 19.1. The number of amides is 1. The molecule has 1 atom stereocenters. The van der Waals surface area contributed by atoms with Gasteiger partial charge in [-0.25, -0.2) is 8.78 Å². The maximum Gasteiger partial charge on any atom is 0.277 e. The molecule has 0 aliphatic carbocycles. The Kier molecular flexibility index (Phi) is 7.19. The molecule has 198 valence electrons. The molecule has 2 aliphatic heterocycles. The molecule has 0 radical (unpaired) electrons. The van der Waals surface area contributed by atoms with Crippen molar-refractivity contribution >= 4 is 11.7 Å². The van der Waals surface area contributed by atoms with Crippen molar-refractivity contribution in [1.29, 1.82) is 0 Å². The van der Waals surface area contributed by atoms with Crippen LogP contribution in [0.1, 0.15) is 51.4 Å². The van der Waals surface area contributed by atoms with Crippen LogP contribution in [-0.2, 0) is 17.7 Å². The van der Waals surface area contributed by atoms with Gasteiger partial charge in [-0.3, -0.25) is 29.1 Å². The van der Waals surface area contributed by atoms with Gasteiger partial charge in [-0.05, 0) is 43.0 Å². The lowest BCUT2D eigenvalue weighted by atomic mass is 10.0. The van der Waals surface area contributed by atoms with Crippen molar-refractivity contribution in [1.82, 2.24) is 14.6 Å². The SMILES string of the molecule is O=C(CCc1ccc(F)cc1F)c1cn2c(c(O)c1=O)C(=O)N(C[C@H]1CCCO1)CN2Cc1ccccn1. The number of fused-ring (bicyclic) bond motifs is 1. The van der Waals surface area contributed by atoms with Gasteiger partial charge in [0.2, 0.25) is 5.43 Å². The summed E-state index contributed by atoms with van der Waals surface area (Å²) >= 11 is 0. The number of aromatic hydroxyl groups is 1. The van der Waals surface area contributed by atoms with Crippen molar-refractivity contribution in [3.63, 3.8) is 0 Å². The lowest BCUT2D eigenvalue weighted by molar-refractivity contribution is 0.0455. The number of ketones is 1. The maximum atomic E-state index is 14.0. The van der Waals surface area contributed by atoms with Crippen molar-refractivity contribution in [2.24, 2.45) is 0 Å². The lowest BCUT2D eigenvalue weighted by Gasteiger charge is -2.40.